The van der Waals surface area contributed by atoms with Gasteiger partial charge in [-0.3, -0.25) is 20.3 Å². The summed E-state index contributed by atoms with van der Waals surface area (Å²) in [5.74, 6) is -0.442. The van der Waals surface area contributed by atoms with Crippen molar-refractivity contribution in [1.82, 2.24) is 19.4 Å². The van der Waals surface area contributed by atoms with E-state index in [1.807, 2.05) is 35.7 Å². The molecule has 0 aliphatic heterocycles. The maximum Gasteiger partial charge on any atom is 0.419 e. The van der Waals surface area contributed by atoms with Gasteiger partial charge in [-0.1, -0.05) is 0 Å². The lowest BCUT2D eigenvalue weighted by Crippen LogP contribution is -2.40. The molecule has 0 aliphatic rings. The van der Waals surface area contributed by atoms with Crippen LogP contribution in [0, 0.1) is 28.4 Å². The number of ether oxygens (including phenoxy) is 3. The van der Waals surface area contributed by atoms with E-state index in [-0.39, 0.29) is 29.7 Å². The molecule has 0 saturated heterocycles. The van der Waals surface area contributed by atoms with Gasteiger partial charge in [-0.25, -0.2) is 19.6 Å². The molecule has 0 bridgehead atoms. The van der Waals surface area contributed by atoms with E-state index >= 15 is 0 Å². The Balaban J connectivity index is 1.64. The molecule has 2 amide bonds. The van der Waals surface area contributed by atoms with Crippen molar-refractivity contribution in [3.8, 4) is 28.8 Å². The fourth-order valence-electron chi connectivity index (χ4n) is 4.84. The van der Waals surface area contributed by atoms with Crippen molar-refractivity contribution in [2.75, 3.05) is 44.5 Å². The zero-order valence-corrected chi connectivity index (χ0v) is 27.4. The Morgan fingerprint density at radius 3 is 2.49 bits per heavy atom. The number of aryl methyl sites for hydroxylation is 2. The number of nitro benzene ring substituents is 1. The third kappa shape index (κ3) is 7.92. The minimum Gasteiger partial charge on any atom is -0.493 e. The number of amides is 2. The van der Waals surface area contributed by atoms with Gasteiger partial charge in [0.15, 0.2) is 11.5 Å². The van der Waals surface area contributed by atoms with E-state index in [0.29, 0.717) is 23.4 Å². The summed E-state index contributed by atoms with van der Waals surface area (Å²) < 4.78 is 18.2. The van der Waals surface area contributed by atoms with Gasteiger partial charge in [0.1, 0.15) is 17.4 Å². The van der Waals surface area contributed by atoms with Gasteiger partial charge in [-0.05, 0) is 65.6 Å². The molecule has 2 aromatic heterocycles. The molecular formula is C32H36N8O7. The average Bonchev–Trinajstić information content (AvgIpc) is 3.28. The third-order valence-corrected chi connectivity index (χ3v) is 6.90. The summed E-state index contributed by atoms with van der Waals surface area (Å²) in [6.07, 6.45) is 1.52. The van der Waals surface area contributed by atoms with Crippen molar-refractivity contribution in [1.29, 1.82) is 5.26 Å². The Labute approximate surface area is 271 Å². The second-order valence-electron chi connectivity index (χ2n) is 11.9. The van der Waals surface area contributed by atoms with Gasteiger partial charge in [0.25, 0.3) is 5.69 Å². The number of benzene rings is 2. The molecule has 15 heteroatoms. The molecular weight excluding hydrogens is 608 g/mol. The second kappa shape index (κ2) is 13.7. The number of nitrogens with one attached hydrogen (secondary N) is 1. The van der Waals surface area contributed by atoms with E-state index in [1.165, 1.54) is 19.4 Å². The van der Waals surface area contributed by atoms with Crippen molar-refractivity contribution in [2.45, 2.75) is 33.3 Å². The minimum absolute atomic E-state index is 0.0515. The van der Waals surface area contributed by atoms with Crippen molar-refractivity contribution >= 4 is 40.4 Å². The lowest BCUT2D eigenvalue weighted by atomic mass is 10.0. The highest BCUT2D eigenvalue weighted by Crippen LogP contribution is 2.40. The minimum atomic E-state index is -1.05. The molecule has 0 unspecified atom stereocenters. The van der Waals surface area contributed by atoms with Crippen LogP contribution in [0.15, 0.2) is 42.7 Å². The van der Waals surface area contributed by atoms with Crippen molar-refractivity contribution in [3.63, 3.8) is 0 Å². The number of hydrogen-bond donors (Lipinski definition) is 1. The molecule has 0 atom stereocenters. The number of anilines is 2. The van der Waals surface area contributed by atoms with Crippen LogP contribution in [0.1, 0.15) is 31.9 Å². The normalized spacial score (nSPS) is 11.2. The molecule has 0 saturated carbocycles. The maximum absolute atomic E-state index is 13.2. The summed E-state index contributed by atoms with van der Waals surface area (Å²) in [5.41, 5.74) is 1.84. The molecule has 1 N–H and O–H groups in total. The highest BCUT2D eigenvalue weighted by molar-refractivity contribution is 5.94. The summed E-state index contributed by atoms with van der Waals surface area (Å²) in [7, 11) is 6.75. The van der Waals surface area contributed by atoms with Gasteiger partial charge >= 0.3 is 12.2 Å². The Morgan fingerprint density at radius 2 is 1.87 bits per heavy atom. The van der Waals surface area contributed by atoms with Crippen LogP contribution in [0.25, 0.3) is 22.2 Å². The Bertz CT molecular complexity index is 1890. The summed E-state index contributed by atoms with van der Waals surface area (Å²) in [4.78, 5) is 49.1. The highest BCUT2D eigenvalue weighted by atomic mass is 16.6. The van der Waals surface area contributed by atoms with Gasteiger partial charge in [-0.15, -0.1) is 0 Å². The molecule has 4 aromatic rings. The van der Waals surface area contributed by atoms with Crippen LogP contribution in [-0.2, 0) is 11.8 Å². The number of fused-ring (bicyclic) bond motifs is 1. The summed E-state index contributed by atoms with van der Waals surface area (Å²) in [6, 6.07) is 9.71. The lowest BCUT2D eigenvalue weighted by Gasteiger charge is -2.28. The monoisotopic (exact) mass is 644 g/mol. The molecule has 2 heterocycles. The fraction of sp³-hybridized carbons (Fsp3) is 0.344. The predicted octanol–water partition coefficient (Wildman–Crippen LogP) is 5.65. The van der Waals surface area contributed by atoms with E-state index < -0.39 is 28.4 Å². The summed E-state index contributed by atoms with van der Waals surface area (Å²) in [5, 5.41) is 25.3. The van der Waals surface area contributed by atoms with Crippen LogP contribution in [0.4, 0.5) is 26.9 Å². The largest absolute Gasteiger partial charge is 0.493 e. The second-order valence-corrected chi connectivity index (χ2v) is 11.9. The number of likely N-dealkylation sites (N-methyl/N-ethyl adjacent to an activating group) is 1. The number of methoxy groups -OCH3 is 1. The van der Waals surface area contributed by atoms with Gasteiger partial charge < -0.3 is 23.7 Å². The van der Waals surface area contributed by atoms with Crippen LogP contribution in [-0.4, -0.2) is 76.4 Å². The van der Waals surface area contributed by atoms with E-state index in [1.54, 1.807) is 47.0 Å². The smallest absolute Gasteiger partial charge is 0.419 e. The average molecular weight is 645 g/mol. The fourth-order valence-corrected chi connectivity index (χ4v) is 4.84. The zero-order chi connectivity index (χ0) is 34.6. The topological polar surface area (TPSA) is 178 Å². The maximum atomic E-state index is 13.2. The first-order chi connectivity index (χ1) is 22.1. The number of rotatable bonds is 9. The molecule has 0 aliphatic carbocycles. The van der Waals surface area contributed by atoms with Gasteiger partial charge in [-0.2, -0.15) is 5.26 Å². The standard InChI is InChI=1S/C32H36N8O7/c1-19-18-38(7)28-21(17-33)13-20(14-22(19)28)23-9-10-34-29(35-23)36-30(41)46-27-16-25(40(43)44)24(15-26(27)45-8)39(12-11-37(5)6)31(42)47-32(2,3)4/h9-10,13-16,18H,11-12H2,1-8H3,(H,34,35,36,41). The summed E-state index contributed by atoms with van der Waals surface area (Å²) >= 11 is 0. The van der Waals surface area contributed by atoms with E-state index in [2.05, 4.69) is 21.4 Å². The number of nitriles is 1. The number of aromatic nitrogens is 3. The first-order valence-electron chi connectivity index (χ1n) is 14.5. The number of carbonyl (C=O) groups excluding carboxylic acids is 2. The van der Waals surface area contributed by atoms with E-state index in [9.17, 15) is 25.0 Å². The van der Waals surface area contributed by atoms with Crippen molar-refractivity contribution in [2.24, 2.45) is 7.05 Å². The molecule has 0 radical (unpaired) electrons. The van der Waals surface area contributed by atoms with Crippen LogP contribution >= 0.6 is 0 Å². The molecule has 246 valence electrons. The highest BCUT2D eigenvalue weighted by Gasteiger charge is 2.31. The molecule has 2 aromatic carbocycles. The first-order valence-corrected chi connectivity index (χ1v) is 14.5. The Kier molecular flexibility index (Phi) is 9.96. The number of hydrogen-bond acceptors (Lipinski definition) is 11. The van der Waals surface area contributed by atoms with Crippen molar-refractivity contribution in [3.05, 3.63) is 64.0 Å². The van der Waals surface area contributed by atoms with Gasteiger partial charge in [0.2, 0.25) is 5.95 Å². The Morgan fingerprint density at radius 1 is 1.15 bits per heavy atom. The quantitative estimate of drug-likeness (QED) is 0.176. The van der Waals surface area contributed by atoms with Crippen molar-refractivity contribution < 1.29 is 28.7 Å². The number of nitrogens with zero attached hydrogens (tertiary/aromatic N) is 7. The van der Waals surface area contributed by atoms with Gasteiger partial charge in [0, 0.05) is 49.5 Å². The number of carbonyl (C=O) groups is 2. The molecule has 15 nitrogen and oxygen atoms in total. The molecule has 0 fully saturated rings. The van der Waals surface area contributed by atoms with Crippen LogP contribution in [0.3, 0.4) is 0 Å². The van der Waals surface area contributed by atoms with E-state index in [0.717, 1.165) is 27.4 Å². The van der Waals surface area contributed by atoms with Gasteiger partial charge in [0.05, 0.1) is 34.9 Å². The molecule has 47 heavy (non-hydrogen) atoms. The van der Waals surface area contributed by atoms with Crippen LogP contribution < -0.4 is 19.7 Å². The lowest BCUT2D eigenvalue weighted by molar-refractivity contribution is -0.384. The summed E-state index contributed by atoms with van der Waals surface area (Å²) in [6.45, 7) is 7.43. The number of nitro groups is 1. The zero-order valence-electron chi connectivity index (χ0n) is 27.4. The third-order valence-electron chi connectivity index (χ3n) is 6.90. The van der Waals surface area contributed by atoms with Crippen LogP contribution in [0.5, 0.6) is 11.5 Å². The Hall–Kier alpha value is -5.75. The SMILES string of the molecule is COc1cc(N(CCN(C)C)C(=O)OC(C)(C)C)c([N+](=O)[O-])cc1OC(=O)Nc1nccc(-c2cc(C#N)c3c(c2)c(C)cn3C)n1. The molecule has 4 rings (SSSR count). The predicted molar refractivity (Wildman–Crippen MR) is 175 cm³/mol. The van der Waals surface area contributed by atoms with E-state index in [4.69, 9.17) is 14.2 Å². The first kappa shape index (κ1) is 34.1. The molecule has 0 spiro atoms. The van der Waals surface area contributed by atoms with Crippen LogP contribution in [0.2, 0.25) is 0 Å².